The Morgan fingerprint density at radius 3 is 2.47 bits per heavy atom. The fraction of sp³-hybridized carbons (Fsp3) is 0.231. The van der Waals surface area contributed by atoms with Gasteiger partial charge < -0.3 is 4.90 Å². The van der Waals surface area contributed by atoms with Crippen LogP contribution in [-0.4, -0.2) is 16.5 Å². The number of halogens is 1. The van der Waals surface area contributed by atoms with Gasteiger partial charge in [-0.1, -0.05) is 17.7 Å². The van der Waals surface area contributed by atoms with Gasteiger partial charge in [-0.15, -0.1) is 0 Å². The fourth-order valence-electron chi connectivity index (χ4n) is 1.67. The van der Waals surface area contributed by atoms with Gasteiger partial charge in [-0.05, 0) is 41.9 Å². The van der Waals surface area contributed by atoms with Crippen LogP contribution in [-0.2, 0) is 0 Å². The number of aryl methyl sites for hydroxylation is 1. The summed E-state index contributed by atoms with van der Waals surface area (Å²) in [6, 6.07) is 10.3. The van der Waals surface area contributed by atoms with Crippen LogP contribution in [0.25, 0.3) is 0 Å². The van der Waals surface area contributed by atoms with E-state index in [1.807, 2.05) is 6.07 Å². The summed E-state index contributed by atoms with van der Waals surface area (Å²) in [6.07, 6.45) is 1.57. The summed E-state index contributed by atoms with van der Waals surface area (Å²) in [4.78, 5) is 10.5. The molecule has 2 rings (SSSR count). The third-order valence-corrected chi connectivity index (χ3v) is 2.99. The molecule has 1 aromatic heterocycles. The van der Waals surface area contributed by atoms with Crippen LogP contribution in [0.4, 0.5) is 11.5 Å². The van der Waals surface area contributed by atoms with Crippen molar-refractivity contribution in [2.45, 2.75) is 13.8 Å². The van der Waals surface area contributed by atoms with E-state index < -0.39 is 0 Å². The molecule has 0 aliphatic rings. The summed E-state index contributed by atoms with van der Waals surface area (Å²) < 4.78 is 0.799. The van der Waals surface area contributed by atoms with E-state index in [9.17, 15) is 0 Å². The molecule has 0 bridgehead atoms. The van der Waals surface area contributed by atoms with Gasteiger partial charge in [0.1, 0.15) is 16.7 Å². The van der Waals surface area contributed by atoms with E-state index in [4.69, 9.17) is 0 Å². The van der Waals surface area contributed by atoms with Gasteiger partial charge >= 0.3 is 0 Å². The van der Waals surface area contributed by atoms with Gasteiger partial charge in [-0.3, -0.25) is 0 Å². The molecule has 4 heteroatoms. The van der Waals surface area contributed by atoms with Crippen molar-refractivity contribution in [3.63, 3.8) is 0 Å². The second-order valence-corrected chi connectivity index (χ2v) is 4.59. The molecule has 1 aromatic carbocycles. The summed E-state index contributed by atoms with van der Waals surface area (Å²) in [5.74, 6) is 0.901. The molecule has 0 unspecified atom stereocenters. The van der Waals surface area contributed by atoms with E-state index in [1.165, 1.54) is 5.56 Å². The number of nitrogens with zero attached hydrogens (tertiary/aromatic N) is 3. The molecule has 88 valence electrons. The molecule has 17 heavy (non-hydrogen) atoms. The Morgan fingerprint density at radius 2 is 1.88 bits per heavy atom. The Labute approximate surface area is 110 Å². The Bertz CT molecular complexity index is 496. The van der Waals surface area contributed by atoms with E-state index in [0.717, 1.165) is 22.7 Å². The predicted molar refractivity (Wildman–Crippen MR) is 73.6 cm³/mol. The summed E-state index contributed by atoms with van der Waals surface area (Å²) in [5.41, 5.74) is 2.40. The topological polar surface area (TPSA) is 29.0 Å². The average molecular weight is 292 g/mol. The molecule has 0 aliphatic heterocycles. The molecule has 0 aliphatic carbocycles. The monoisotopic (exact) mass is 291 g/mol. The number of anilines is 2. The van der Waals surface area contributed by atoms with E-state index in [2.05, 4.69) is 68.9 Å². The second kappa shape index (κ2) is 5.27. The highest BCUT2D eigenvalue weighted by Gasteiger charge is 2.08. The summed E-state index contributed by atoms with van der Waals surface area (Å²) >= 11 is 3.37. The molecule has 0 N–H and O–H groups in total. The van der Waals surface area contributed by atoms with Crippen LogP contribution in [0.2, 0.25) is 0 Å². The van der Waals surface area contributed by atoms with Gasteiger partial charge in [-0.25, -0.2) is 9.97 Å². The number of aromatic nitrogens is 2. The molecular formula is C13H14BrN3. The lowest BCUT2D eigenvalue weighted by Crippen LogP contribution is -2.17. The minimum absolute atomic E-state index is 0.799. The maximum Gasteiger partial charge on any atom is 0.137 e. The quantitative estimate of drug-likeness (QED) is 0.808. The van der Waals surface area contributed by atoms with Crippen molar-refractivity contribution >= 4 is 27.4 Å². The molecule has 0 amide bonds. The minimum Gasteiger partial charge on any atom is -0.327 e. The first-order valence-electron chi connectivity index (χ1n) is 5.52. The van der Waals surface area contributed by atoms with Gasteiger partial charge in [0.2, 0.25) is 0 Å². The normalized spacial score (nSPS) is 10.3. The number of benzene rings is 1. The molecular weight excluding hydrogens is 278 g/mol. The van der Waals surface area contributed by atoms with Crippen molar-refractivity contribution in [3.8, 4) is 0 Å². The largest absolute Gasteiger partial charge is 0.327 e. The zero-order valence-electron chi connectivity index (χ0n) is 9.89. The maximum absolute atomic E-state index is 4.29. The molecule has 0 saturated carbocycles. The van der Waals surface area contributed by atoms with Gasteiger partial charge in [0.25, 0.3) is 0 Å². The highest BCUT2D eigenvalue weighted by atomic mass is 79.9. The van der Waals surface area contributed by atoms with Crippen LogP contribution in [0.1, 0.15) is 12.5 Å². The molecule has 0 spiro atoms. The van der Waals surface area contributed by atoms with Crippen molar-refractivity contribution in [2.75, 3.05) is 11.4 Å². The zero-order chi connectivity index (χ0) is 12.3. The lowest BCUT2D eigenvalue weighted by atomic mass is 10.2. The van der Waals surface area contributed by atoms with Gasteiger partial charge in [0, 0.05) is 18.3 Å². The van der Waals surface area contributed by atoms with Crippen LogP contribution in [0.5, 0.6) is 0 Å². The lowest BCUT2D eigenvalue weighted by Gasteiger charge is -2.22. The molecule has 1 heterocycles. The SMILES string of the molecule is CCN(c1ccc(C)cc1)c1cc(Br)ncn1. The van der Waals surface area contributed by atoms with Crippen molar-refractivity contribution in [2.24, 2.45) is 0 Å². The number of hydrogen-bond donors (Lipinski definition) is 0. The van der Waals surface area contributed by atoms with Crippen molar-refractivity contribution in [1.29, 1.82) is 0 Å². The molecule has 0 saturated heterocycles. The third-order valence-electron chi connectivity index (χ3n) is 2.56. The highest BCUT2D eigenvalue weighted by Crippen LogP contribution is 2.24. The third kappa shape index (κ3) is 2.82. The first kappa shape index (κ1) is 12.0. The van der Waals surface area contributed by atoms with E-state index in [-0.39, 0.29) is 0 Å². The van der Waals surface area contributed by atoms with E-state index in [0.29, 0.717) is 0 Å². The lowest BCUT2D eigenvalue weighted by molar-refractivity contribution is 0.970. The van der Waals surface area contributed by atoms with Crippen molar-refractivity contribution < 1.29 is 0 Å². The second-order valence-electron chi connectivity index (χ2n) is 3.78. The minimum atomic E-state index is 0.799. The maximum atomic E-state index is 4.29. The Hall–Kier alpha value is -1.42. The Morgan fingerprint density at radius 1 is 1.18 bits per heavy atom. The van der Waals surface area contributed by atoms with E-state index >= 15 is 0 Å². The number of rotatable bonds is 3. The van der Waals surface area contributed by atoms with Crippen LogP contribution < -0.4 is 4.90 Å². The fourth-order valence-corrected chi connectivity index (χ4v) is 1.97. The standard InChI is InChI=1S/C13H14BrN3/c1-3-17(11-6-4-10(2)5-7-11)13-8-12(14)15-9-16-13/h4-9H,3H2,1-2H3. The summed E-state index contributed by atoms with van der Waals surface area (Å²) in [6.45, 7) is 5.06. The predicted octanol–water partition coefficient (Wildman–Crippen LogP) is 3.71. The highest BCUT2D eigenvalue weighted by molar-refractivity contribution is 9.10. The Kier molecular flexibility index (Phi) is 3.74. The molecule has 0 radical (unpaired) electrons. The average Bonchev–Trinajstić information content (AvgIpc) is 2.33. The number of hydrogen-bond acceptors (Lipinski definition) is 3. The van der Waals surface area contributed by atoms with Crippen LogP contribution in [0.15, 0.2) is 41.3 Å². The molecule has 2 aromatic rings. The zero-order valence-corrected chi connectivity index (χ0v) is 11.5. The smallest absolute Gasteiger partial charge is 0.137 e. The Balaban J connectivity index is 2.36. The van der Waals surface area contributed by atoms with Crippen LogP contribution in [0.3, 0.4) is 0 Å². The summed E-state index contributed by atoms with van der Waals surface area (Å²) in [7, 11) is 0. The molecule has 3 nitrogen and oxygen atoms in total. The van der Waals surface area contributed by atoms with Crippen LogP contribution in [0, 0.1) is 6.92 Å². The molecule has 0 atom stereocenters. The van der Waals surface area contributed by atoms with Crippen molar-refractivity contribution in [3.05, 3.63) is 46.8 Å². The first-order chi connectivity index (χ1) is 8.20. The van der Waals surface area contributed by atoms with Crippen LogP contribution >= 0.6 is 15.9 Å². The molecule has 0 fully saturated rings. The van der Waals surface area contributed by atoms with Gasteiger partial charge in [0.05, 0.1) is 0 Å². The first-order valence-corrected chi connectivity index (χ1v) is 6.31. The van der Waals surface area contributed by atoms with Crippen molar-refractivity contribution in [1.82, 2.24) is 9.97 Å². The summed E-state index contributed by atoms with van der Waals surface area (Å²) in [5, 5.41) is 0. The van der Waals surface area contributed by atoms with E-state index in [1.54, 1.807) is 6.33 Å². The van der Waals surface area contributed by atoms with Gasteiger partial charge in [0.15, 0.2) is 0 Å². The van der Waals surface area contributed by atoms with Gasteiger partial charge in [-0.2, -0.15) is 0 Å².